The maximum absolute atomic E-state index is 11.5. The molecule has 0 saturated heterocycles. The van der Waals surface area contributed by atoms with Crippen LogP contribution in [0, 0.1) is 29.6 Å². The van der Waals surface area contributed by atoms with E-state index in [1.165, 1.54) is 96.3 Å². The molecule has 168 valence electrons. The normalized spacial score (nSPS) is 35.9. The Hall–Kier alpha value is -0.530. The highest BCUT2D eigenvalue weighted by Gasteiger charge is 2.32. The van der Waals surface area contributed by atoms with Crippen LogP contribution in [0.2, 0.25) is 0 Å². The summed E-state index contributed by atoms with van der Waals surface area (Å²) in [4.78, 5) is 11.5. The molecule has 3 rings (SSSR count). The highest BCUT2D eigenvalue weighted by Crippen LogP contribution is 2.42. The van der Waals surface area contributed by atoms with Gasteiger partial charge in [-0.15, -0.1) is 0 Å². The van der Waals surface area contributed by atoms with Crippen LogP contribution in [0.3, 0.4) is 0 Å². The van der Waals surface area contributed by atoms with Crippen LogP contribution in [0.1, 0.15) is 129 Å². The van der Waals surface area contributed by atoms with Gasteiger partial charge < -0.3 is 4.74 Å². The summed E-state index contributed by atoms with van der Waals surface area (Å²) >= 11 is 0. The van der Waals surface area contributed by atoms with Crippen LogP contribution in [0.25, 0.3) is 0 Å². The number of rotatable bonds is 9. The topological polar surface area (TPSA) is 26.3 Å². The van der Waals surface area contributed by atoms with E-state index in [-0.39, 0.29) is 12.1 Å². The summed E-state index contributed by atoms with van der Waals surface area (Å²) in [5.41, 5.74) is 0. The molecule has 29 heavy (non-hydrogen) atoms. The van der Waals surface area contributed by atoms with E-state index in [0.29, 0.717) is 6.42 Å². The molecule has 0 bridgehead atoms. The second-order valence-corrected chi connectivity index (χ2v) is 10.8. The minimum Gasteiger partial charge on any atom is -0.462 e. The minimum atomic E-state index is -0.0107. The minimum absolute atomic E-state index is 0.0107. The predicted octanol–water partition coefficient (Wildman–Crippen LogP) is 8.08. The maximum Gasteiger partial charge on any atom is 0.305 e. The highest BCUT2D eigenvalue weighted by molar-refractivity contribution is 5.69. The van der Waals surface area contributed by atoms with Gasteiger partial charge in [0.2, 0.25) is 0 Å². The SMILES string of the molecule is CCCC[C@H]1CC[C@H](CC[C@H]2CC[C@H]([C@H]3CC[C@H](OC(=O)CC)CC3)CC2)CC1. The van der Waals surface area contributed by atoms with Crippen LogP contribution in [0.4, 0.5) is 0 Å². The first-order chi connectivity index (χ1) is 14.2. The van der Waals surface area contributed by atoms with Gasteiger partial charge in [-0.05, 0) is 68.1 Å². The van der Waals surface area contributed by atoms with Gasteiger partial charge in [0.1, 0.15) is 6.10 Å². The first-order valence-corrected chi connectivity index (χ1v) is 13.4. The summed E-state index contributed by atoms with van der Waals surface area (Å²) in [5.74, 6) is 4.98. The third-order valence-electron chi connectivity index (χ3n) is 8.78. The summed E-state index contributed by atoms with van der Waals surface area (Å²) in [7, 11) is 0. The standard InChI is InChI=1S/C27H48O2/c1-3-5-6-21-7-9-22(10-8-21)11-12-23-13-15-24(16-14-23)25-17-19-26(20-18-25)29-27(28)4-2/h21-26H,3-20H2,1-2H3/t21-,22-,23-,24-,25-,26-. The van der Waals surface area contributed by atoms with Crippen molar-refractivity contribution in [1.29, 1.82) is 0 Å². The summed E-state index contributed by atoms with van der Waals surface area (Å²) in [6.45, 7) is 4.22. The molecule has 0 aliphatic heterocycles. The van der Waals surface area contributed by atoms with E-state index in [4.69, 9.17) is 4.74 Å². The Balaban J connectivity index is 1.26. The lowest BCUT2D eigenvalue weighted by Gasteiger charge is -2.38. The molecule has 0 aromatic carbocycles. The van der Waals surface area contributed by atoms with Gasteiger partial charge in [-0.25, -0.2) is 0 Å². The summed E-state index contributed by atoms with van der Waals surface area (Å²) in [6, 6.07) is 0. The van der Waals surface area contributed by atoms with Crippen LogP contribution < -0.4 is 0 Å². The predicted molar refractivity (Wildman–Crippen MR) is 122 cm³/mol. The van der Waals surface area contributed by atoms with E-state index < -0.39 is 0 Å². The lowest BCUT2D eigenvalue weighted by molar-refractivity contribution is -0.150. The first-order valence-electron chi connectivity index (χ1n) is 13.4. The van der Waals surface area contributed by atoms with Gasteiger partial charge in [0.05, 0.1) is 0 Å². The van der Waals surface area contributed by atoms with E-state index in [0.717, 1.165) is 42.4 Å². The molecule has 3 saturated carbocycles. The molecule has 0 heterocycles. The molecule has 0 aromatic rings. The lowest BCUT2D eigenvalue weighted by atomic mass is 9.69. The van der Waals surface area contributed by atoms with Crippen molar-refractivity contribution in [3.8, 4) is 0 Å². The second-order valence-electron chi connectivity index (χ2n) is 10.8. The lowest BCUT2D eigenvalue weighted by Crippen LogP contribution is -2.29. The van der Waals surface area contributed by atoms with E-state index in [9.17, 15) is 4.79 Å². The third-order valence-corrected chi connectivity index (χ3v) is 8.78. The zero-order valence-electron chi connectivity index (χ0n) is 19.5. The number of unbranched alkanes of at least 4 members (excludes halogenated alkanes) is 1. The average Bonchev–Trinajstić information content (AvgIpc) is 2.78. The van der Waals surface area contributed by atoms with Crippen LogP contribution in [-0.4, -0.2) is 12.1 Å². The average molecular weight is 405 g/mol. The van der Waals surface area contributed by atoms with Crippen LogP contribution in [0.15, 0.2) is 0 Å². The van der Waals surface area contributed by atoms with Crippen LogP contribution in [-0.2, 0) is 9.53 Å². The van der Waals surface area contributed by atoms with E-state index in [1.807, 2.05) is 6.92 Å². The first kappa shape index (κ1) is 23.1. The molecule has 0 atom stereocenters. The molecule has 0 aromatic heterocycles. The zero-order valence-corrected chi connectivity index (χ0v) is 19.5. The summed E-state index contributed by atoms with van der Waals surface area (Å²) in [5, 5.41) is 0. The highest BCUT2D eigenvalue weighted by atomic mass is 16.5. The molecule has 3 aliphatic rings. The molecule has 0 radical (unpaired) electrons. The Labute approximate surface area is 180 Å². The van der Waals surface area contributed by atoms with Gasteiger partial charge in [0.15, 0.2) is 0 Å². The second kappa shape index (κ2) is 12.4. The van der Waals surface area contributed by atoms with E-state index >= 15 is 0 Å². The Morgan fingerprint density at radius 2 is 1.10 bits per heavy atom. The number of hydrogen-bond acceptors (Lipinski definition) is 2. The van der Waals surface area contributed by atoms with Crippen molar-refractivity contribution in [2.24, 2.45) is 29.6 Å². The Kier molecular flexibility index (Phi) is 9.86. The molecule has 0 unspecified atom stereocenters. The van der Waals surface area contributed by atoms with Crippen molar-refractivity contribution in [3.05, 3.63) is 0 Å². The van der Waals surface area contributed by atoms with Gasteiger partial charge in [0, 0.05) is 6.42 Å². The number of carbonyl (C=O) groups excluding carboxylic acids is 1. The summed E-state index contributed by atoms with van der Waals surface area (Å²) < 4.78 is 5.57. The smallest absolute Gasteiger partial charge is 0.305 e. The maximum atomic E-state index is 11.5. The number of esters is 1. The molecule has 0 spiro atoms. The number of hydrogen-bond donors (Lipinski definition) is 0. The molecule has 2 nitrogen and oxygen atoms in total. The molecule has 2 heteroatoms. The largest absolute Gasteiger partial charge is 0.462 e. The fourth-order valence-electron chi connectivity index (χ4n) is 6.67. The van der Waals surface area contributed by atoms with Crippen molar-refractivity contribution in [2.75, 3.05) is 0 Å². The van der Waals surface area contributed by atoms with Crippen molar-refractivity contribution >= 4 is 5.97 Å². The fourth-order valence-corrected chi connectivity index (χ4v) is 6.67. The van der Waals surface area contributed by atoms with Gasteiger partial charge >= 0.3 is 5.97 Å². The third kappa shape index (κ3) is 7.59. The van der Waals surface area contributed by atoms with Crippen molar-refractivity contribution in [1.82, 2.24) is 0 Å². The fraction of sp³-hybridized carbons (Fsp3) is 0.963. The quantitative estimate of drug-likeness (QED) is 0.363. The Bertz CT molecular complexity index is 449. The Morgan fingerprint density at radius 3 is 1.59 bits per heavy atom. The summed E-state index contributed by atoms with van der Waals surface area (Å²) in [6.07, 6.45) is 24.9. The van der Waals surface area contributed by atoms with Gasteiger partial charge in [-0.1, -0.05) is 84.5 Å². The van der Waals surface area contributed by atoms with E-state index in [1.54, 1.807) is 0 Å². The van der Waals surface area contributed by atoms with Crippen molar-refractivity contribution in [2.45, 2.75) is 136 Å². The van der Waals surface area contributed by atoms with Gasteiger partial charge in [0.25, 0.3) is 0 Å². The number of carbonyl (C=O) groups is 1. The molecule has 3 fully saturated rings. The number of ether oxygens (including phenoxy) is 1. The van der Waals surface area contributed by atoms with Gasteiger partial charge in [-0.2, -0.15) is 0 Å². The molecular weight excluding hydrogens is 356 g/mol. The van der Waals surface area contributed by atoms with Gasteiger partial charge in [-0.3, -0.25) is 4.79 Å². The van der Waals surface area contributed by atoms with E-state index in [2.05, 4.69) is 6.92 Å². The molecule has 0 N–H and O–H groups in total. The van der Waals surface area contributed by atoms with Crippen molar-refractivity contribution in [3.63, 3.8) is 0 Å². The monoisotopic (exact) mass is 404 g/mol. The van der Waals surface area contributed by atoms with Crippen LogP contribution in [0.5, 0.6) is 0 Å². The zero-order chi connectivity index (χ0) is 20.5. The van der Waals surface area contributed by atoms with Crippen LogP contribution >= 0.6 is 0 Å². The molecular formula is C27H48O2. The molecule has 3 aliphatic carbocycles. The van der Waals surface area contributed by atoms with Crippen molar-refractivity contribution < 1.29 is 9.53 Å². The Morgan fingerprint density at radius 1 is 0.655 bits per heavy atom. The molecule has 0 amide bonds.